The molecule has 0 heterocycles. The molecule has 142 valence electrons. The third-order valence-electron chi connectivity index (χ3n) is 6.15. The predicted octanol–water partition coefficient (Wildman–Crippen LogP) is 5.15. The maximum Gasteiger partial charge on any atom is 0.408 e. The molecule has 1 N–H and O–H groups in total. The first-order valence-electron chi connectivity index (χ1n) is 9.78. The SMILES string of the molecule is O=C(O)N(C1CCCCC1)C1(Cc2ccccc2[N+](=O)[O-])CCCCC1. The van der Waals surface area contributed by atoms with Crippen molar-refractivity contribution in [1.82, 2.24) is 4.90 Å². The highest BCUT2D eigenvalue weighted by molar-refractivity contribution is 5.67. The minimum atomic E-state index is -0.864. The number of nitrogens with zero attached hydrogens (tertiary/aromatic N) is 2. The molecule has 26 heavy (non-hydrogen) atoms. The first-order chi connectivity index (χ1) is 12.5. The van der Waals surface area contributed by atoms with Crippen molar-refractivity contribution in [2.24, 2.45) is 0 Å². The first-order valence-corrected chi connectivity index (χ1v) is 9.78. The topological polar surface area (TPSA) is 83.7 Å². The highest BCUT2D eigenvalue weighted by Gasteiger charge is 2.45. The first kappa shape index (κ1) is 18.7. The van der Waals surface area contributed by atoms with Gasteiger partial charge in [-0.15, -0.1) is 0 Å². The van der Waals surface area contributed by atoms with Crippen molar-refractivity contribution < 1.29 is 14.8 Å². The van der Waals surface area contributed by atoms with Crippen molar-refractivity contribution in [3.63, 3.8) is 0 Å². The number of carboxylic acid groups (broad SMARTS) is 1. The third-order valence-corrected chi connectivity index (χ3v) is 6.15. The van der Waals surface area contributed by atoms with Crippen LogP contribution >= 0.6 is 0 Å². The average Bonchev–Trinajstić information content (AvgIpc) is 2.63. The van der Waals surface area contributed by atoms with Crippen molar-refractivity contribution in [2.45, 2.75) is 82.2 Å². The van der Waals surface area contributed by atoms with E-state index < -0.39 is 11.6 Å². The van der Waals surface area contributed by atoms with Gasteiger partial charge in [0.25, 0.3) is 5.69 Å². The normalized spacial score (nSPS) is 20.5. The molecule has 3 rings (SSSR count). The number of rotatable bonds is 5. The Kier molecular flexibility index (Phi) is 5.79. The van der Waals surface area contributed by atoms with E-state index >= 15 is 0 Å². The van der Waals surface area contributed by atoms with Crippen LogP contribution in [0.15, 0.2) is 24.3 Å². The second-order valence-corrected chi connectivity index (χ2v) is 7.79. The van der Waals surface area contributed by atoms with Crippen molar-refractivity contribution in [3.8, 4) is 0 Å². The molecular formula is C20H28N2O4. The molecule has 2 fully saturated rings. The molecule has 0 aliphatic heterocycles. The number of benzene rings is 1. The minimum absolute atomic E-state index is 0.0436. The molecule has 2 saturated carbocycles. The van der Waals surface area contributed by atoms with Gasteiger partial charge in [-0.2, -0.15) is 0 Å². The quantitative estimate of drug-likeness (QED) is 0.581. The highest BCUT2D eigenvalue weighted by atomic mass is 16.6. The number of hydrogen-bond donors (Lipinski definition) is 1. The van der Waals surface area contributed by atoms with E-state index in [4.69, 9.17) is 0 Å². The number of carbonyl (C=O) groups is 1. The Morgan fingerprint density at radius 3 is 2.35 bits per heavy atom. The molecule has 0 spiro atoms. The van der Waals surface area contributed by atoms with E-state index in [9.17, 15) is 20.0 Å². The molecule has 6 heteroatoms. The molecule has 0 radical (unpaired) electrons. The lowest BCUT2D eigenvalue weighted by molar-refractivity contribution is -0.385. The zero-order chi connectivity index (χ0) is 18.6. The summed E-state index contributed by atoms with van der Waals surface area (Å²) in [5, 5.41) is 21.5. The molecule has 1 aromatic carbocycles. The smallest absolute Gasteiger partial charge is 0.408 e. The molecule has 1 amide bonds. The van der Waals surface area contributed by atoms with Crippen molar-refractivity contribution >= 4 is 11.8 Å². The molecular weight excluding hydrogens is 332 g/mol. The summed E-state index contributed by atoms with van der Waals surface area (Å²) < 4.78 is 0. The summed E-state index contributed by atoms with van der Waals surface area (Å²) >= 11 is 0. The summed E-state index contributed by atoms with van der Waals surface area (Å²) in [6.45, 7) is 0. The van der Waals surface area contributed by atoms with E-state index in [0.29, 0.717) is 12.0 Å². The maximum absolute atomic E-state index is 12.3. The van der Waals surface area contributed by atoms with Gasteiger partial charge in [0.2, 0.25) is 0 Å². The summed E-state index contributed by atoms with van der Waals surface area (Å²) in [6.07, 6.45) is 9.35. The van der Waals surface area contributed by atoms with Crippen molar-refractivity contribution in [2.75, 3.05) is 0 Å². The maximum atomic E-state index is 12.3. The van der Waals surface area contributed by atoms with Gasteiger partial charge in [0.15, 0.2) is 0 Å². The van der Waals surface area contributed by atoms with E-state index in [1.54, 1.807) is 17.0 Å². The van der Waals surface area contributed by atoms with Gasteiger partial charge in [0.1, 0.15) is 0 Å². The fourth-order valence-corrected chi connectivity index (χ4v) is 4.99. The number of amides is 1. The van der Waals surface area contributed by atoms with Crippen LogP contribution in [0.4, 0.5) is 10.5 Å². The van der Waals surface area contributed by atoms with Crippen molar-refractivity contribution in [1.29, 1.82) is 0 Å². The molecule has 1 aromatic rings. The second kappa shape index (κ2) is 8.06. The Bertz CT molecular complexity index is 649. The number of nitro groups is 1. The Morgan fingerprint density at radius 2 is 1.73 bits per heavy atom. The van der Waals surface area contributed by atoms with Crippen LogP contribution in [-0.4, -0.2) is 32.6 Å². The Hall–Kier alpha value is -2.11. The molecule has 0 atom stereocenters. The standard InChI is InChI=1S/C20H28N2O4/c23-19(24)21(17-10-3-1-4-11-17)20(13-7-2-8-14-20)15-16-9-5-6-12-18(16)22(25)26/h5-6,9,12,17H,1-4,7-8,10-11,13-15H2,(H,23,24). The van der Waals surface area contributed by atoms with E-state index in [1.165, 1.54) is 12.5 Å². The van der Waals surface area contributed by atoms with Gasteiger partial charge in [-0.05, 0) is 25.7 Å². The zero-order valence-electron chi connectivity index (χ0n) is 15.2. The average molecular weight is 360 g/mol. The van der Waals surface area contributed by atoms with Gasteiger partial charge >= 0.3 is 6.09 Å². The Balaban J connectivity index is 1.97. The summed E-state index contributed by atoms with van der Waals surface area (Å²) in [4.78, 5) is 25.1. The Labute approximate surface area is 154 Å². The lowest BCUT2D eigenvalue weighted by Crippen LogP contribution is -2.58. The van der Waals surface area contributed by atoms with E-state index in [2.05, 4.69) is 0 Å². The van der Waals surface area contributed by atoms with E-state index in [1.807, 2.05) is 6.07 Å². The highest BCUT2D eigenvalue weighted by Crippen LogP contribution is 2.41. The molecule has 0 bridgehead atoms. The van der Waals surface area contributed by atoms with E-state index in [-0.39, 0.29) is 16.7 Å². The van der Waals surface area contributed by atoms with Crippen LogP contribution in [0, 0.1) is 10.1 Å². The number of hydrogen-bond acceptors (Lipinski definition) is 3. The molecule has 0 unspecified atom stereocenters. The van der Waals surface area contributed by atoms with Crippen LogP contribution in [0.3, 0.4) is 0 Å². The van der Waals surface area contributed by atoms with E-state index in [0.717, 1.165) is 57.8 Å². The molecule has 0 saturated heterocycles. The number of para-hydroxylation sites is 1. The van der Waals surface area contributed by atoms with Gasteiger partial charge in [0, 0.05) is 24.1 Å². The zero-order valence-corrected chi connectivity index (χ0v) is 15.2. The van der Waals surface area contributed by atoms with Gasteiger partial charge < -0.3 is 5.11 Å². The van der Waals surface area contributed by atoms with Gasteiger partial charge in [-0.25, -0.2) is 4.79 Å². The van der Waals surface area contributed by atoms with Crippen LogP contribution in [0.25, 0.3) is 0 Å². The molecule has 6 nitrogen and oxygen atoms in total. The van der Waals surface area contributed by atoms with Crippen molar-refractivity contribution in [3.05, 3.63) is 39.9 Å². The van der Waals surface area contributed by atoms with Crippen LogP contribution < -0.4 is 0 Å². The number of nitro benzene ring substituents is 1. The van der Waals surface area contributed by atoms with Crippen LogP contribution in [0.2, 0.25) is 0 Å². The summed E-state index contributed by atoms with van der Waals surface area (Å²) in [5.41, 5.74) is 0.242. The van der Waals surface area contributed by atoms with Gasteiger partial charge in [-0.1, -0.05) is 56.7 Å². The second-order valence-electron chi connectivity index (χ2n) is 7.79. The molecule has 2 aliphatic rings. The monoisotopic (exact) mass is 360 g/mol. The predicted molar refractivity (Wildman–Crippen MR) is 99.4 cm³/mol. The molecule has 0 aromatic heterocycles. The third kappa shape index (κ3) is 3.84. The Morgan fingerprint density at radius 1 is 1.12 bits per heavy atom. The van der Waals surface area contributed by atoms with Gasteiger partial charge in [0.05, 0.1) is 10.5 Å². The minimum Gasteiger partial charge on any atom is -0.465 e. The summed E-state index contributed by atoms with van der Waals surface area (Å²) in [5.74, 6) is 0. The van der Waals surface area contributed by atoms with Gasteiger partial charge in [-0.3, -0.25) is 15.0 Å². The lowest BCUT2D eigenvalue weighted by atomic mass is 9.74. The van der Waals surface area contributed by atoms with Crippen LogP contribution in [0.1, 0.15) is 69.8 Å². The lowest BCUT2D eigenvalue weighted by Gasteiger charge is -2.49. The summed E-state index contributed by atoms with van der Waals surface area (Å²) in [6, 6.07) is 6.84. The largest absolute Gasteiger partial charge is 0.465 e. The molecule has 2 aliphatic carbocycles. The van der Waals surface area contributed by atoms with Crippen LogP contribution in [-0.2, 0) is 6.42 Å². The summed E-state index contributed by atoms with van der Waals surface area (Å²) in [7, 11) is 0. The fourth-order valence-electron chi connectivity index (χ4n) is 4.99. The fraction of sp³-hybridized carbons (Fsp3) is 0.650. The van der Waals surface area contributed by atoms with Crippen LogP contribution in [0.5, 0.6) is 0 Å².